The fourth-order valence-electron chi connectivity index (χ4n) is 3.48. The van der Waals surface area contributed by atoms with Crippen molar-refractivity contribution < 1.29 is 4.74 Å². The van der Waals surface area contributed by atoms with Crippen molar-refractivity contribution in [2.24, 2.45) is 10.4 Å². The third-order valence-electron chi connectivity index (χ3n) is 5.27. The number of aliphatic imine (C=N–C) groups is 1. The van der Waals surface area contributed by atoms with Gasteiger partial charge in [0.25, 0.3) is 0 Å². The van der Waals surface area contributed by atoms with Crippen LogP contribution < -0.4 is 5.32 Å². The third kappa shape index (κ3) is 2.80. The Bertz CT molecular complexity index is 365. The molecule has 108 valence electrons. The van der Waals surface area contributed by atoms with Gasteiger partial charge in [-0.2, -0.15) is 0 Å². The van der Waals surface area contributed by atoms with Crippen molar-refractivity contribution in [3.63, 3.8) is 0 Å². The second-order valence-electron chi connectivity index (χ2n) is 6.78. The van der Waals surface area contributed by atoms with Crippen molar-refractivity contribution in [1.29, 1.82) is 0 Å². The van der Waals surface area contributed by atoms with Gasteiger partial charge in [-0.3, -0.25) is 4.99 Å². The number of hydrogen-bond acceptors (Lipinski definition) is 4. The Labute approximate surface area is 121 Å². The summed E-state index contributed by atoms with van der Waals surface area (Å²) in [4.78, 5) is 4.86. The maximum Gasteiger partial charge on any atom is 0.157 e. The van der Waals surface area contributed by atoms with Crippen molar-refractivity contribution in [3.05, 3.63) is 0 Å². The van der Waals surface area contributed by atoms with Crippen LogP contribution in [0.5, 0.6) is 0 Å². The van der Waals surface area contributed by atoms with E-state index in [1.54, 1.807) is 0 Å². The monoisotopic (exact) mass is 282 g/mol. The number of hydrogen-bond donors (Lipinski definition) is 1. The van der Waals surface area contributed by atoms with Gasteiger partial charge in [0.05, 0.1) is 11.6 Å². The highest BCUT2D eigenvalue weighted by atomic mass is 32.2. The highest BCUT2D eigenvalue weighted by Crippen LogP contribution is 2.42. The van der Waals surface area contributed by atoms with E-state index in [1.165, 1.54) is 37.9 Å². The van der Waals surface area contributed by atoms with Gasteiger partial charge in [-0.05, 0) is 38.5 Å². The first-order chi connectivity index (χ1) is 9.12. The molecule has 0 bridgehead atoms. The SMILES string of the molecule is CC1OCCC1(C)NC1=NCC2(CCCCC2)CS1. The molecule has 3 nitrogen and oxygen atoms in total. The molecule has 2 aliphatic heterocycles. The number of nitrogens with one attached hydrogen (secondary N) is 1. The molecule has 3 aliphatic rings. The Morgan fingerprint density at radius 2 is 2.05 bits per heavy atom. The van der Waals surface area contributed by atoms with Gasteiger partial charge in [0.1, 0.15) is 0 Å². The molecule has 3 rings (SSSR count). The molecule has 1 spiro atoms. The summed E-state index contributed by atoms with van der Waals surface area (Å²) in [6.07, 6.45) is 8.36. The van der Waals surface area contributed by atoms with Crippen LogP contribution in [-0.4, -0.2) is 35.7 Å². The van der Waals surface area contributed by atoms with Crippen molar-refractivity contribution in [1.82, 2.24) is 5.32 Å². The van der Waals surface area contributed by atoms with Crippen LogP contribution in [0, 0.1) is 5.41 Å². The molecule has 0 radical (unpaired) electrons. The molecule has 1 N–H and O–H groups in total. The third-order valence-corrected chi connectivity index (χ3v) is 6.53. The molecule has 0 amide bonds. The van der Waals surface area contributed by atoms with Crippen LogP contribution in [0.4, 0.5) is 0 Å². The average Bonchev–Trinajstić information content (AvgIpc) is 2.74. The molecular formula is C15H26N2OS. The second kappa shape index (κ2) is 5.28. The molecule has 4 heteroatoms. The summed E-state index contributed by atoms with van der Waals surface area (Å²) in [6, 6.07) is 0. The first-order valence-electron chi connectivity index (χ1n) is 7.69. The predicted octanol–water partition coefficient (Wildman–Crippen LogP) is 3.20. The molecule has 1 saturated heterocycles. The Balaban J connectivity index is 1.61. The van der Waals surface area contributed by atoms with Gasteiger partial charge in [0.15, 0.2) is 5.17 Å². The Morgan fingerprint density at radius 1 is 1.26 bits per heavy atom. The lowest BCUT2D eigenvalue weighted by atomic mass is 9.75. The van der Waals surface area contributed by atoms with E-state index in [9.17, 15) is 0 Å². The molecule has 0 aromatic carbocycles. The summed E-state index contributed by atoms with van der Waals surface area (Å²) < 4.78 is 5.69. The summed E-state index contributed by atoms with van der Waals surface area (Å²) in [5, 5.41) is 4.80. The number of rotatable bonds is 1. The van der Waals surface area contributed by atoms with E-state index in [1.807, 2.05) is 11.8 Å². The molecular weight excluding hydrogens is 256 g/mol. The molecule has 2 fully saturated rings. The quantitative estimate of drug-likeness (QED) is 0.802. The molecule has 2 atom stereocenters. The van der Waals surface area contributed by atoms with Gasteiger partial charge in [0.2, 0.25) is 0 Å². The van der Waals surface area contributed by atoms with Crippen molar-refractivity contribution in [2.75, 3.05) is 18.9 Å². The smallest absolute Gasteiger partial charge is 0.157 e. The lowest BCUT2D eigenvalue weighted by molar-refractivity contribution is 0.0949. The molecule has 0 aromatic heterocycles. The standard InChI is InChI=1S/C15H26N2OS/c1-12-14(2,8-9-18-12)17-13-16-10-15(11-19-13)6-4-3-5-7-15/h12H,3-11H2,1-2H3,(H,16,17). The molecule has 2 unspecified atom stereocenters. The van der Waals surface area contributed by atoms with E-state index >= 15 is 0 Å². The maximum absolute atomic E-state index is 5.69. The molecule has 1 saturated carbocycles. The van der Waals surface area contributed by atoms with E-state index in [-0.39, 0.29) is 11.6 Å². The van der Waals surface area contributed by atoms with Crippen molar-refractivity contribution in [3.8, 4) is 0 Å². The van der Waals surface area contributed by atoms with E-state index < -0.39 is 0 Å². The minimum Gasteiger partial charge on any atom is -0.376 e. The van der Waals surface area contributed by atoms with Crippen LogP contribution in [0.15, 0.2) is 4.99 Å². The van der Waals surface area contributed by atoms with E-state index in [2.05, 4.69) is 19.2 Å². The fourth-order valence-corrected chi connectivity index (χ4v) is 4.76. The van der Waals surface area contributed by atoms with Gasteiger partial charge >= 0.3 is 0 Å². The highest BCUT2D eigenvalue weighted by Gasteiger charge is 2.40. The van der Waals surface area contributed by atoms with E-state index in [0.717, 1.165) is 24.7 Å². The largest absolute Gasteiger partial charge is 0.376 e. The zero-order chi connectivity index (χ0) is 13.3. The average molecular weight is 282 g/mol. The topological polar surface area (TPSA) is 33.6 Å². The van der Waals surface area contributed by atoms with E-state index in [0.29, 0.717) is 5.41 Å². The van der Waals surface area contributed by atoms with Crippen LogP contribution in [0.1, 0.15) is 52.4 Å². The second-order valence-corrected chi connectivity index (χ2v) is 7.74. The zero-order valence-electron chi connectivity index (χ0n) is 12.2. The van der Waals surface area contributed by atoms with Crippen molar-refractivity contribution >= 4 is 16.9 Å². The van der Waals surface area contributed by atoms with Crippen LogP contribution >= 0.6 is 11.8 Å². The fraction of sp³-hybridized carbons (Fsp3) is 0.933. The van der Waals surface area contributed by atoms with Crippen molar-refractivity contribution in [2.45, 2.75) is 64.0 Å². The molecule has 2 heterocycles. The first kappa shape index (κ1) is 13.7. The summed E-state index contributed by atoms with van der Waals surface area (Å²) in [5.41, 5.74) is 0.593. The van der Waals surface area contributed by atoms with Gasteiger partial charge in [0, 0.05) is 18.9 Å². The summed E-state index contributed by atoms with van der Waals surface area (Å²) in [7, 11) is 0. The summed E-state index contributed by atoms with van der Waals surface area (Å²) in [6.45, 7) is 6.33. The Morgan fingerprint density at radius 3 is 2.63 bits per heavy atom. The van der Waals surface area contributed by atoms with Crippen LogP contribution in [-0.2, 0) is 4.74 Å². The summed E-state index contributed by atoms with van der Waals surface area (Å²) in [5.74, 6) is 1.25. The van der Waals surface area contributed by atoms with Crippen LogP contribution in [0.25, 0.3) is 0 Å². The number of amidine groups is 1. The van der Waals surface area contributed by atoms with Gasteiger partial charge < -0.3 is 10.1 Å². The first-order valence-corrected chi connectivity index (χ1v) is 8.68. The number of nitrogens with zero attached hydrogens (tertiary/aromatic N) is 1. The van der Waals surface area contributed by atoms with Gasteiger partial charge in [-0.1, -0.05) is 31.0 Å². The zero-order valence-corrected chi connectivity index (χ0v) is 13.0. The normalized spacial score (nSPS) is 38.2. The number of thioether (sulfide) groups is 1. The summed E-state index contributed by atoms with van der Waals surface area (Å²) >= 11 is 1.94. The number of ether oxygens (including phenoxy) is 1. The Hall–Kier alpha value is -0.220. The lowest BCUT2D eigenvalue weighted by Gasteiger charge is -2.40. The minimum absolute atomic E-state index is 0.0723. The van der Waals surface area contributed by atoms with Gasteiger partial charge in [-0.15, -0.1) is 0 Å². The molecule has 19 heavy (non-hydrogen) atoms. The maximum atomic E-state index is 5.69. The molecule has 1 aliphatic carbocycles. The van der Waals surface area contributed by atoms with E-state index in [4.69, 9.17) is 9.73 Å². The Kier molecular flexibility index (Phi) is 3.82. The van der Waals surface area contributed by atoms with Crippen LogP contribution in [0.3, 0.4) is 0 Å². The highest BCUT2D eigenvalue weighted by molar-refractivity contribution is 8.13. The molecule has 0 aromatic rings. The minimum atomic E-state index is 0.0723. The predicted molar refractivity (Wildman–Crippen MR) is 81.8 cm³/mol. The van der Waals surface area contributed by atoms with Gasteiger partial charge in [-0.25, -0.2) is 0 Å². The van der Waals surface area contributed by atoms with Crippen LogP contribution in [0.2, 0.25) is 0 Å². The lowest BCUT2D eigenvalue weighted by Crippen LogP contribution is -2.51.